The monoisotopic (exact) mass is 496 g/mol. The van der Waals surface area contributed by atoms with Crippen molar-refractivity contribution >= 4 is 0 Å². The predicted octanol–water partition coefficient (Wildman–Crippen LogP) is 0.265. The van der Waals surface area contributed by atoms with E-state index in [0.29, 0.717) is 6.54 Å². The van der Waals surface area contributed by atoms with Crippen molar-refractivity contribution in [3.05, 3.63) is 0 Å². The third kappa shape index (κ3) is 23.4. The molecule has 0 aliphatic rings. The van der Waals surface area contributed by atoms with E-state index in [0.717, 1.165) is 25.9 Å². The lowest BCUT2D eigenvalue weighted by molar-refractivity contribution is -0.0865. The van der Waals surface area contributed by atoms with Gasteiger partial charge < -0.3 is 24.7 Å². The van der Waals surface area contributed by atoms with Crippen LogP contribution in [0.3, 0.4) is 0 Å². The molecule has 3 atom stereocenters. The minimum atomic E-state index is -0.657. The standard InChI is InChI=1S/C27H58N2O3.2FH/c1-5-6-7-8-9-10-11-12-13-14-15-16-17-18-19-20-22-28(25(2)30)23-21-24-29(26(3)31)27(4)32;;/h25-27,30-32H,5-24H2,1-4H3;2*1H/p-2. The Morgan fingerprint density at radius 2 is 0.765 bits per heavy atom. The highest BCUT2D eigenvalue weighted by atomic mass is 19.0. The first-order chi connectivity index (χ1) is 15.4. The molecule has 0 aliphatic heterocycles. The van der Waals surface area contributed by atoms with Gasteiger partial charge in [0.1, 0.15) is 18.7 Å². The van der Waals surface area contributed by atoms with Crippen molar-refractivity contribution < 1.29 is 24.7 Å². The van der Waals surface area contributed by atoms with Crippen molar-refractivity contribution in [2.45, 2.75) is 156 Å². The molecule has 0 amide bonds. The van der Waals surface area contributed by atoms with E-state index in [1.165, 1.54) is 96.3 Å². The van der Waals surface area contributed by atoms with E-state index in [2.05, 4.69) is 11.8 Å². The summed E-state index contributed by atoms with van der Waals surface area (Å²) in [7, 11) is 0. The second-order valence-electron chi connectivity index (χ2n) is 9.83. The zero-order chi connectivity index (χ0) is 24.0. The Bertz CT molecular complexity index is 381. The van der Waals surface area contributed by atoms with Crippen LogP contribution in [0.4, 0.5) is 0 Å². The summed E-state index contributed by atoms with van der Waals surface area (Å²) in [6.45, 7) is 9.78. The number of aliphatic hydroxyl groups is 3. The highest BCUT2D eigenvalue weighted by Crippen LogP contribution is 2.14. The largest absolute Gasteiger partial charge is 1.00 e. The molecule has 0 saturated heterocycles. The van der Waals surface area contributed by atoms with Gasteiger partial charge in [0.2, 0.25) is 0 Å². The van der Waals surface area contributed by atoms with Gasteiger partial charge in [0.15, 0.2) is 0 Å². The van der Waals surface area contributed by atoms with Gasteiger partial charge in [0.25, 0.3) is 0 Å². The number of unbranched alkanes of at least 4 members (excludes halogenated alkanes) is 15. The minimum absolute atomic E-state index is 0. The number of halogens is 2. The fraction of sp³-hybridized carbons (Fsp3) is 1.00. The fourth-order valence-electron chi connectivity index (χ4n) is 4.49. The molecule has 0 aliphatic carbocycles. The van der Waals surface area contributed by atoms with E-state index in [9.17, 15) is 15.3 Å². The lowest BCUT2D eigenvalue weighted by Gasteiger charge is -2.30. The summed E-state index contributed by atoms with van der Waals surface area (Å²) in [4.78, 5) is 3.76. The van der Waals surface area contributed by atoms with Crippen LogP contribution < -0.4 is 9.41 Å². The van der Waals surface area contributed by atoms with Crippen LogP contribution in [-0.2, 0) is 0 Å². The maximum Gasteiger partial charge on any atom is 0.106 e. The van der Waals surface area contributed by atoms with Gasteiger partial charge in [-0.25, -0.2) is 0 Å². The Balaban J connectivity index is -0.00000480. The maximum atomic E-state index is 10.0. The Morgan fingerprint density at radius 1 is 0.441 bits per heavy atom. The quantitative estimate of drug-likeness (QED) is 0.132. The van der Waals surface area contributed by atoms with Crippen LogP contribution in [0.1, 0.15) is 137 Å². The summed E-state index contributed by atoms with van der Waals surface area (Å²) in [6.07, 6.45) is 21.0. The first-order valence-corrected chi connectivity index (χ1v) is 13.9. The molecule has 3 N–H and O–H groups in total. The second kappa shape index (κ2) is 27.3. The minimum Gasteiger partial charge on any atom is -1.00 e. The molecule has 7 heteroatoms. The van der Waals surface area contributed by atoms with E-state index in [1.54, 1.807) is 18.7 Å². The molecule has 5 nitrogen and oxygen atoms in total. The van der Waals surface area contributed by atoms with E-state index in [1.807, 2.05) is 6.92 Å². The lowest BCUT2D eigenvalue weighted by Crippen LogP contribution is -3.00. The summed E-state index contributed by atoms with van der Waals surface area (Å²) in [5, 5.41) is 29.5. The zero-order valence-corrected chi connectivity index (χ0v) is 22.9. The average molecular weight is 497 g/mol. The van der Waals surface area contributed by atoms with Gasteiger partial charge in [0.05, 0.1) is 0 Å². The van der Waals surface area contributed by atoms with Gasteiger partial charge in [-0.1, -0.05) is 103 Å². The number of hydrogen-bond donors (Lipinski definition) is 3. The molecule has 0 aromatic carbocycles. The predicted molar refractivity (Wildman–Crippen MR) is 137 cm³/mol. The van der Waals surface area contributed by atoms with E-state index in [4.69, 9.17) is 0 Å². The molecule has 0 aromatic heterocycles. The Hall–Kier alpha value is -0.340. The first-order valence-electron chi connectivity index (χ1n) is 13.9. The lowest BCUT2D eigenvalue weighted by atomic mass is 10.0. The topological polar surface area (TPSA) is 67.2 Å². The van der Waals surface area contributed by atoms with E-state index < -0.39 is 18.7 Å². The molecule has 210 valence electrons. The van der Waals surface area contributed by atoms with Crippen molar-refractivity contribution in [1.29, 1.82) is 0 Å². The smallest absolute Gasteiger partial charge is 0.106 e. The van der Waals surface area contributed by atoms with Gasteiger partial charge in [0, 0.05) is 19.6 Å². The zero-order valence-electron chi connectivity index (χ0n) is 22.9. The molecule has 0 rings (SSSR count). The molecule has 3 unspecified atom stereocenters. The molecule has 0 bridgehead atoms. The van der Waals surface area contributed by atoms with Crippen molar-refractivity contribution in [3.63, 3.8) is 0 Å². The van der Waals surface area contributed by atoms with Crippen LogP contribution >= 0.6 is 0 Å². The summed E-state index contributed by atoms with van der Waals surface area (Å²) in [6, 6.07) is 0. The number of rotatable bonds is 24. The molecule has 0 fully saturated rings. The van der Waals surface area contributed by atoms with Crippen LogP contribution in [0.5, 0.6) is 0 Å². The van der Waals surface area contributed by atoms with Crippen LogP contribution in [0, 0.1) is 0 Å². The molecular formula is C27H58F2N2O3-2. The van der Waals surface area contributed by atoms with Crippen molar-refractivity contribution in [2.24, 2.45) is 0 Å². The van der Waals surface area contributed by atoms with E-state index in [-0.39, 0.29) is 9.41 Å². The Kier molecular flexibility index (Phi) is 30.6. The normalized spacial score (nSPS) is 14.0. The van der Waals surface area contributed by atoms with Crippen molar-refractivity contribution in [3.8, 4) is 0 Å². The summed E-state index contributed by atoms with van der Waals surface area (Å²) in [5.74, 6) is 0. The average Bonchev–Trinajstić information content (AvgIpc) is 2.74. The maximum absolute atomic E-state index is 10.0. The van der Waals surface area contributed by atoms with Crippen LogP contribution in [-0.4, -0.2) is 63.4 Å². The molecule has 34 heavy (non-hydrogen) atoms. The molecule has 0 radical (unpaired) electrons. The fourth-order valence-corrected chi connectivity index (χ4v) is 4.49. The summed E-state index contributed by atoms with van der Waals surface area (Å²) >= 11 is 0. The molecule has 0 aromatic rings. The number of aliphatic hydroxyl groups excluding tert-OH is 3. The molecule has 0 heterocycles. The van der Waals surface area contributed by atoms with Gasteiger partial charge in [-0.2, -0.15) is 0 Å². The van der Waals surface area contributed by atoms with Crippen LogP contribution in [0.2, 0.25) is 0 Å². The third-order valence-electron chi connectivity index (χ3n) is 6.65. The summed E-state index contributed by atoms with van der Waals surface area (Å²) in [5.41, 5.74) is 0. The van der Waals surface area contributed by atoms with Gasteiger partial charge in [-0.05, 0) is 33.6 Å². The number of hydrogen-bond acceptors (Lipinski definition) is 5. The van der Waals surface area contributed by atoms with Crippen molar-refractivity contribution in [2.75, 3.05) is 19.6 Å². The first kappa shape index (κ1) is 38.2. The van der Waals surface area contributed by atoms with E-state index >= 15 is 0 Å². The second-order valence-corrected chi connectivity index (χ2v) is 9.83. The summed E-state index contributed by atoms with van der Waals surface area (Å²) < 4.78 is 0. The van der Waals surface area contributed by atoms with Gasteiger partial charge in [-0.15, -0.1) is 0 Å². The highest BCUT2D eigenvalue weighted by molar-refractivity contribution is 4.64. The molecule has 0 spiro atoms. The molecule has 0 saturated carbocycles. The SMILES string of the molecule is CCCCCCCCCCCCCCCCCCN(CCCN(C(C)O)C(C)O)C(C)O.[F-].[F-]. The van der Waals surface area contributed by atoms with Gasteiger partial charge in [-0.3, -0.25) is 9.80 Å². The number of nitrogens with zero attached hydrogens (tertiary/aromatic N) is 2. The molecular weight excluding hydrogens is 438 g/mol. The van der Waals surface area contributed by atoms with Crippen molar-refractivity contribution in [1.82, 2.24) is 9.80 Å². The third-order valence-corrected chi connectivity index (χ3v) is 6.65. The van der Waals surface area contributed by atoms with Gasteiger partial charge >= 0.3 is 0 Å². The highest BCUT2D eigenvalue weighted by Gasteiger charge is 2.17. The van der Waals surface area contributed by atoms with Crippen LogP contribution in [0.15, 0.2) is 0 Å². The Morgan fingerprint density at radius 3 is 1.09 bits per heavy atom. The Labute approximate surface area is 210 Å². The van der Waals surface area contributed by atoms with Crippen LogP contribution in [0.25, 0.3) is 0 Å².